The zero-order valence-electron chi connectivity index (χ0n) is 12.3. The Labute approximate surface area is 130 Å². The number of benzene rings is 1. The summed E-state index contributed by atoms with van der Waals surface area (Å²) in [5, 5.41) is 0. The van der Waals surface area contributed by atoms with E-state index in [1.165, 1.54) is 0 Å². The van der Waals surface area contributed by atoms with Gasteiger partial charge in [0.05, 0.1) is 19.2 Å². The van der Waals surface area contributed by atoms with Gasteiger partial charge in [0.15, 0.2) is 0 Å². The number of amides is 1. The largest absolute Gasteiger partial charge is 0.497 e. The fourth-order valence-electron chi connectivity index (χ4n) is 2.51. The van der Waals surface area contributed by atoms with E-state index in [0.29, 0.717) is 28.6 Å². The third-order valence-corrected chi connectivity index (χ3v) is 4.04. The topological polar surface area (TPSA) is 64.8 Å². The maximum atomic E-state index is 12.6. The van der Waals surface area contributed by atoms with Crippen LogP contribution in [0, 0.1) is 5.92 Å². The Kier molecular flexibility index (Phi) is 5.01. The Balaban J connectivity index is 2.21. The van der Waals surface area contributed by atoms with E-state index in [0.717, 1.165) is 19.4 Å². The second-order valence-electron chi connectivity index (χ2n) is 5.09. The fraction of sp³-hybridized carbons (Fsp3) is 0.467. The van der Waals surface area contributed by atoms with Crippen molar-refractivity contribution in [3.8, 4) is 11.5 Å². The smallest absolute Gasteiger partial charge is 0.254 e. The van der Waals surface area contributed by atoms with Gasteiger partial charge in [-0.1, -0.05) is 12.2 Å². The van der Waals surface area contributed by atoms with E-state index in [9.17, 15) is 4.79 Å². The van der Waals surface area contributed by atoms with Crippen molar-refractivity contribution in [3.05, 3.63) is 23.8 Å². The highest BCUT2D eigenvalue weighted by Gasteiger charge is 2.26. The molecule has 1 heterocycles. The molecule has 21 heavy (non-hydrogen) atoms. The summed E-state index contributed by atoms with van der Waals surface area (Å²) < 4.78 is 10.4. The van der Waals surface area contributed by atoms with E-state index < -0.39 is 0 Å². The SMILES string of the molecule is COc1cc(OC)cc(C(=O)N2CCCC(C(N)=S)C2)c1. The number of carbonyl (C=O) groups excluding carboxylic acids is 1. The quantitative estimate of drug-likeness (QED) is 0.860. The second kappa shape index (κ2) is 6.76. The number of nitrogens with two attached hydrogens (primary N) is 1. The number of thiocarbonyl (C=S) groups is 1. The molecule has 2 rings (SSSR count). The van der Waals surface area contributed by atoms with Crippen LogP contribution in [0.5, 0.6) is 11.5 Å². The fourth-order valence-corrected chi connectivity index (χ4v) is 2.70. The highest BCUT2D eigenvalue weighted by atomic mass is 32.1. The number of likely N-dealkylation sites (tertiary alicyclic amines) is 1. The molecule has 0 aliphatic carbocycles. The molecular formula is C15H20N2O3S. The van der Waals surface area contributed by atoms with Gasteiger partial charge in [0.25, 0.3) is 5.91 Å². The summed E-state index contributed by atoms with van der Waals surface area (Å²) in [6, 6.07) is 5.18. The Morgan fingerprint density at radius 3 is 2.43 bits per heavy atom. The number of methoxy groups -OCH3 is 2. The molecule has 1 amide bonds. The lowest BCUT2D eigenvalue weighted by Crippen LogP contribution is -2.43. The van der Waals surface area contributed by atoms with Crippen LogP contribution in [0.1, 0.15) is 23.2 Å². The molecule has 0 saturated carbocycles. The summed E-state index contributed by atoms with van der Waals surface area (Å²) in [7, 11) is 3.12. The third-order valence-electron chi connectivity index (χ3n) is 3.71. The normalized spacial score (nSPS) is 18.2. The van der Waals surface area contributed by atoms with E-state index in [1.807, 2.05) is 0 Å². The Morgan fingerprint density at radius 1 is 1.29 bits per heavy atom. The van der Waals surface area contributed by atoms with Crippen LogP contribution in [0.3, 0.4) is 0 Å². The first-order valence-electron chi connectivity index (χ1n) is 6.86. The summed E-state index contributed by atoms with van der Waals surface area (Å²) in [5.74, 6) is 1.25. The van der Waals surface area contributed by atoms with Gasteiger partial charge in [0.1, 0.15) is 11.5 Å². The Bertz CT molecular complexity index is 525. The molecule has 0 spiro atoms. The average Bonchev–Trinajstić information content (AvgIpc) is 2.53. The predicted octanol–water partition coefficient (Wildman–Crippen LogP) is 1.84. The van der Waals surface area contributed by atoms with Gasteiger partial charge >= 0.3 is 0 Å². The van der Waals surface area contributed by atoms with E-state index in [1.54, 1.807) is 37.3 Å². The molecule has 1 aromatic rings. The maximum Gasteiger partial charge on any atom is 0.254 e. The zero-order valence-corrected chi connectivity index (χ0v) is 13.1. The van der Waals surface area contributed by atoms with Crippen molar-refractivity contribution in [2.45, 2.75) is 12.8 Å². The number of rotatable bonds is 4. The number of piperidine rings is 1. The standard InChI is InChI=1S/C15H20N2O3S/c1-19-12-6-11(7-13(8-12)20-2)15(18)17-5-3-4-10(9-17)14(16)21/h6-8,10H,3-5,9H2,1-2H3,(H2,16,21). The molecule has 1 aliphatic rings. The lowest BCUT2D eigenvalue weighted by Gasteiger charge is -2.32. The van der Waals surface area contributed by atoms with E-state index >= 15 is 0 Å². The van der Waals surface area contributed by atoms with Crippen molar-refractivity contribution in [2.75, 3.05) is 27.3 Å². The molecule has 0 aromatic heterocycles. The molecule has 2 N–H and O–H groups in total. The Morgan fingerprint density at radius 2 is 1.90 bits per heavy atom. The molecule has 6 heteroatoms. The van der Waals surface area contributed by atoms with Crippen LogP contribution in [0.2, 0.25) is 0 Å². The highest BCUT2D eigenvalue weighted by molar-refractivity contribution is 7.80. The van der Waals surface area contributed by atoms with E-state index in [-0.39, 0.29) is 11.8 Å². The van der Waals surface area contributed by atoms with Gasteiger partial charge in [-0.05, 0) is 25.0 Å². The van der Waals surface area contributed by atoms with Crippen LogP contribution < -0.4 is 15.2 Å². The highest BCUT2D eigenvalue weighted by Crippen LogP contribution is 2.25. The monoisotopic (exact) mass is 308 g/mol. The minimum absolute atomic E-state index is 0.0480. The second-order valence-corrected chi connectivity index (χ2v) is 5.57. The van der Waals surface area contributed by atoms with Crippen molar-refractivity contribution >= 4 is 23.1 Å². The van der Waals surface area contributed by atoms with E-state index in [2.05, 4.69) is 0 Å². The van der Waals surface area contributed by atoms with Crippen LogP contribution >= 0.6 is 12.2 Å². The van der Waals surface area contributed by atoms with Gasteiger partial charge in [-0.15, -0.1) is 0 Å². The molecule has 5 nitrogen and oxygen atoms in total. The van der Waals surface area contributed by atoms with Crippen LogP contribution in [0.25, 0.3) is 0 Å². The molecule has 1 saturated heterocycles. The van der Waals surface area contributed by atoms with Gasteiger partial charge in [-0.2, -0.15) is 0 Å². The molecule has 1 aliphatic heterocycles. The maximum absolute atomic E-state index is 12.6. The van der Waals surface area contributed by atoms with Crippen molar-refractivity contribution in [1.82, 2.24) is 4.90 Å². The molecular weight excluding hydrogens is 288 g/mol. The zero-order chi connectivity index (χ0) is 15.4. The molecule has 1 fully saturated rings. The first-order chi connectivity index (χ1) is 10.0. The van der Waals surface area contributed by atoms with Gasteiger partial charge in [0.2, 0.25) is 0 Å². The summed E-state index contributed by atoms with van der Waals surface area (Å²) in [4.78, 5) is 14.9. The molecule has 0 bridgehead atoms. The molecule has 114 valence electrons. The third kappa shape index (κ3) is 3.64. The first kappa shape index (κ1) is 15.6. The van der Waals surface area contributed by atoms with Gasteiger partial charge in [-0.25, -0.2) is 0 Å². The van der Waals surface area contributed by atoms with Gasteiger partial charge < -0.3 is 20.1 Å². The van der Waals surface area contributed by atoms with E-state index in [4.69, 9.17) is 27.4 Å². The number of hydrogen-bond donors (Lipinski definition) is 1. The molecule has 1 unspecified atom stereocenters. The van der Waals surface area contributed by atoms with Crippen molar-refractivity contribution in [3.63, 3.8) is 0 Å². The average molecular weight is 308 g/mol. The van der Waals surface area contributed by atoms with Crippen LogP contribution in [0.4, 0.5) is 0 Å². The van der Waals surface area contributed by atoms with Gasteiger partial charge in [-0.3, -0.25) is 4.79 Å². The summed E-state index contributed by atoms with van der Waals surface area (Å²) in [6.45, 7) is 1.30. The van der Waals surface area contributed by atoms with Crippen molar-refractivity contribution in [1.29, 1.82) is 0 Å². The molecule has 1 atom stereocenters. The van der Waals surface area contributed by atoms with Gasteiger partial charge in [0, 0.05) is 30.6 Å². The minimum atomic E-state index is -0.0480. The summed E-state index contributed by atoms with van der Waals surface area (Å²) >= 11 is 5.05. The number of ether oxygens (including phenoxy) is 2. The van der Waals surface area contributed by atoms with Crippen LogP contribution in [-0.2, 0) is 0 Å². The Hall–Kier alpha value is -1.82. The lowest BCUT2D eigenvalue weighted by molar-refractivity contribution is 0.0703. The minimum Gasteiger partial charge on any atom is -0.497 e. The summed E-state index contributed by atoms with van der Waals surface area (Å²) in [6.07, 6.45) is 1.86. The first-order valence-corrected chi connectivity index (χ1v) is 7.27. The molecule has 1 aromatic carbocycles. The predicted molar refractivity (Wildman–Crippen MR) is 85.0 cm³/mol. The van der Waals surface area contributed by atoms with Crippen molar-refractivity contribution in [2.24, 2.45) is 11.7 Å². The van der Waals surface area contributed by atoms with Crippen LogP contribution in [0.15, 0.2) is 18.2 Å². The summed E-state index contributed by atoms with van der Waals surface area (Å²) in [5.41, 5.74) is 6.26. The van der Waals surface area contributed by atoms with Crippen LogP contribution in [-0.4, -0.2) is 43.1 Å². The number of nitrogens with zero attached hydrogens (tertiary/aromatic N) is 1. The number of hydrogen-bond acceptors (Lipinski definition) is 4. The van der Waals surface area contributed by atoms with Crippen molar-refractivity contribution < 1.29 is 14.3 Å². The lowest BCUT2D eigenvalue weighted by atomic mass is 9.97. The molecule has 0 radical (unpaired) electrons. The number of carbonyl (C=O) groups is 1.